The summed E-state index contributed by atoms with van der Waals surface area (Å²) < 4.78 is 66.7. The Morgan fingerprint density at radius 2 is 0.653 bits per heavy atom. The van der Waals surface area contributed by atoms with Crippen LogP contribution in [0.3, 0.4) is 0 Å². The number of aromatic nitrogens is 2. The summed E-state index contributed by atoms with van der Waals surface area (Å²) >= 11 is 0. The summed E-state index contributed by atoms with van der Waals surface area (Å²) in [5.41, 5.74) is 10.8. The van der Waals surface area contributed by atoms with Gasteiger partial charge in [-0.05, 0) is 193 Å². The largest absolute Gasteiger partial charge is 2.00 e. The molecular weight excluding hydrogens is 1260 g/mol. The van der Waals surface area contributed by atoms with Crippen LogP contribution in [0.4, 0.5) is 13.2 Å². The number of nitrogens with zero attached hydrogens (tertiary/aromatic N) is 2. The number of halogens is 3. The van der Waals surface area contributed by atoms with Gasteiger partial charge < -0.3 is 43.7 Å². The predicted octanol–water partition coefficient (Wildman–Crippen LogP) is 24.3. The van der Waals surface area contributed by atoms with Gasteiger partial charge in [0.05, 0.1) is 33.4 Å². The van der Waals surface area contributed by atoms with Crippen molar-refractivity contribution in [1.29, 1.82) is 0 Å². The van der Waals surface area contributed by atoms with E-state index in [1.807, 2.05) is 18.2 Å². The zero-order valence-electron chi connectivity index (χ0n) is 61.6. The molecule has 504 valence electrons. The minimum atomic E-state index is -0.957. The van der Waals surface area contributed by atoms with Gasteiger partial charge in [0.25, 0.3) is 0 Å². The Labute approximate surface area is 585 Å². The molecule has 0 saturated carbocycles. The van der Waals surface area contributed by atoms with E-state index in [4.69, 9.17) is 9.47 Å². The van der Waals surface area contributed by atoms with Crippen LogP contribution in [-0.4, -0.2) is 32.6 Å². The zero-order valence-corrected chi connectivity index (χ0v) is 64.1. The summed E-state index contributed by atoms with van der Waals surface area (Å²) in [6.07, 6.45) is 1.54. The molecule has 10 rings (SSSR count). The van der Waals surface area contributed by atoms with Gasteiger partial charge in [-0.25, -0.2) is 13.2 Å². The minimum absolute atomic E-state index is 0. The van der Waals surface area contributed by atoms with Crippen LogP contribution < -0.4 is 9.47 Å². The number of hydrogen-bond donors (Lipinski definition) is 2. The van der Waals surface area contributed by atoms with Crippen molar-refractivity contribution >= 4 is 43.6 Å². The second kappa shape index (κ2) is 26.2. The minimum Gasteiger partial charge on any atom is -0.505 e. The second-order valence-electron chi connectivity index (χ2n) is 34.2. The number of hydrogen-bond acceptors (Lipinski definition) is 4. The van der Waals surface area contributed by atoms with Gasteiger partial charge in [0.1, 0.15) is 42.1 Å². The fourth-order valence-electron chi connectivity index (χ4n) is 14.4. The number of benzene rings is 8. The van der Waals surface area contributed by atoms with E-state index in [0.29, 0.717) is 33.8 Å². The molecule has 2 heterocycles. The molecule has 0 bridgehead atoms. The SMILES string of the molecule is Cc1cc(F)cc(-c2cc(C(C)(C)CC(C)(C)C)cc(-n3c4ccc(C(C)(C)C)cc4c4cc(C(C)(C)C)ccc43)c2O)c1OCCOc1c(F)cc(F)cc1-c1cc(C(C)(C)CC(C)(C)C)cc(-n2c3ccc(C(C)(C)C)cc3c3cc(C(C)(C)C)ccc32)c1O.[CH3-].[CH3-].[Zr+2]. The smallest absolute Gasteiger partial charge is 0.505 e. The van der Waals surface area contributed by atoms with E-state index in [1.54, 1.807) is 6.92 Å². The Morgan fingerprint density at radius 3 is 0.958 bits per heavy atom. The Morgan fingerprint density at radius 1 is 0.358 bits per heavy atom. The quantitative estimate of drug-likeness (QED) is 0.0892. The first-order valence-electron chi connectivity index (χ1n) is 32.8. The van der Waals surface area contributed by atoms with E-state index < -0.39 is 28.3 Å². The van der Waals surface area contributed by atoms with E-state index in [0.717, 1.165) is 73.6 Å². The van der Waals surface area contributed by atoms with Crippen LogP contribution in [0.25, 0.3) is 77.2 Å². The zero-order chi connectivity index (χ0) is 67.7. The van der Waals surface area contributed by atoms with Gasteiger partial charge in [0, 0.05) is 49.9 Å². The van der Waals surface area contributed by atoms with Crippen molar-refractivity contribution in [2.45, 2.75) is 205 Å². The maximum Gasteiger partial charge on any atom is 2.00 e. The molecule has 0 amide bonds. The summed E-state index contributed by atoms with van der Waals surface area (Å²) in [6.45, 7) is 49.8. The average Bonchev–Trinajstić information content (AvgIpc) is 1.62. The van der Waals surface area contributed by atoms with Crippen molar-refractivity contribution in [3.8, 4) is 56.6 Å². The maximum atomic E-state index is 16.9. The molecule has 2 aromatic heterocycles. The van der Waals surface area contributed by atoms with Crippen molar-refractivity contribution in [3.63, 3.8) is 0 Å². The van der Waals surface area contributed by atoms with E-state index in [1.165, 1.54) is 40.5 Å². The van der Waals surface area contributed by atoms with Crippen LogP contribution in [0.5, 0.6) is 23.0 Å². The van der Waals surface area contributed by atoms with Gasteiger partial charge in [0.2, 0.25) is 0 Å². The molecule has 10 heteroatoms. The molecule has 95 heavy (non-hydrogen) atoms. The van der Waals surface area contributed by atoms with Crippen LogP contribution in [-0.2, 0) is 58.7 Å². The summed E-state index contributed by atoms with van der Waals surface area (Å²) in [5.74, 6) is -2.50. The standard InChI is InChI=1S/C83H99F3N2O4.2CH3.Zr/c1-48-34-55(84)43-63(61-39-53(82(20,21)46-76(2,3)4)41-70(72(61)89)87-66-28-24-49(78(8,9)10)35-57(66)58-36-50(79(11,12)13)25-29-67(58)87)74(48)91-32-33-92-75-64(44-56(85)45-65(75)86)62-40-54(83(22,23)47-77(5,6)7)42-71(73(62)90)88-68-30-26-51(80(14,15)16)37-59(68)60-38-52(81(17,18)19)27-31-69(60)88;;;/h24-31,34-45,89-90H,32-33,46-47H2,1-23H3;2*1H3;/q;2*-1;+2. The van der Waals surface area contributed by atoms with Crippen LogP contribution in [0, 0.1) is 50.1 Å². The number of fused-ring (bicyclic) bond motifs is 6. The monoisotopic (exact) mass is 1360 g/mol. The number of aryl methyl sites for hydroxylation is 1. The van der Waals surface area contributed by atoms with E-state index in [-0.39, 0.29) is 115 Å². The van der Waals surface area contributed by atoms with Crippen molar-refractivity contribution in [1.82, 2.24) is 9.13 Å². The van der Waals surface area contributed by atoms with Crippen LogP contribution in [0.1, 0.15) is 204 Å². The Hall–Kier alpha value is -6.77. The topological polar surface area (TPSA) is 68.8 Å². The van der Waals surface area contributed by atoms with Crippen molar-refractivity contribution in [2.24, 2.45) is 10.8 Å². The molecule has 0 aliphatic carbocycles. The molecule has 0 aliphatic rings. The van der Waals surface area contributed by atoms with Crippen molar-refractivity contribution in [2.75, 3.05) is 13.2 Å². The molecule has 0 atom stereocenters. The second-order valence-corrected chi connectivity index (χ2v) is 34.2. The predicted molar refractivity (Wildman–Crippen MR) is 393 cm³/mol. The molecular formula is C85H105F3N2O4Zr. The van der Waals surface area contributed by atoms with Gasteiger partial charge in [-0.1, -0.05) is 177 Å². The molecule has 0 aliphatic heterocycles. The molecule has 0 radical (unpaired) electrons. The number of aromatic hydroxyl groups is 2. The van der Waals surface area contributed by atoms with Gasteiger partial charge in [-0.3, -0.25) is 0 Å². The van der Waals surface area contributed by atoms with E-state index in [2.05, 4.69) is 240 Å². The third-order valence-electron chi connectivity index (χ3n) is 18.6. The first kappa shape index (κ1) is 75.6. The fourth-order valence-corrected chi connectivity index (χ4v) is 14.4. The average molecular weight is 1370 g/mol. The Bertz CT molecular complexity index is 4100. The number of phenols is 2. The van der Waals surface area contributed by atoms with Crippen molar-refractivity contribution in [3.05, 3.63) is 193 Å². The van der Waals surface area contributed by atoms with Crippen molar-refractivity contribution < 1.29 is 59.1 Å². The van der Waals surface area contributed by atoms with Gasteiger partial charge in [-0.2, -0.15) is 0 Å². The first-order chi connectivity index (χ1) is 42.3. The molecule has 10 aromatic rings. The van der Waals surface area contributed by atoms with Crippen LogP contribution in [0.15, 0.2) is 121 Å². The van der Waals surface area contributed by atoms with Gasteiger partial charge in [-0.15, -0.1) is 0 Å². The molecule has 2 N–H and O–H groups in total. The fraction of sp³-hybridized carbons (Fsp3) is 0.412. The third-order valence-corrected chi connectivity index (χ3v) is 18.6. The summed E-state index contributed by atoms with van der Waals surface area (Å²) in [4.78, 5) is 0. The molecule has 6 nitrogen and oxygen atoms in total. The molecule has 0 fully saturated rings. The summed E-state index contributed by atoms with van der Waals surface area (Å²) in [7, 11) is 0. The molecule has 8 aromatic carbocycles. The van der Waals surface area contributed by atoms with Crippen LogP contribution >= 0.6 is 0 Å². The molecule has 0 unspecified atom stereocenters. The van der Waals surface area contributed by atoms with E-state index >= 15 is 13.2 Å². The van der Waals surface area contributed by atoms with Gasteiger partial charge in [0.15, 0.2) is 11.6 Å². The Kier molecular flexibility index (Phi) is 20.9. The maximum absolute atomic E-state index is 16.9. The third kappa shape index (κ3) is 15.2. The molecule has 0 spiro atoms. The number of phenolic OH excluding ortho intramolecular Hbond substituents is 2. The number of ether oxygens (including phenoxy) is 2. The van der Waals surface area contributed by atoms with Gasteiger partial charge >= 0.3 is 26.2 Å². The van der Waals surface area contributed by atoms with E-state index in [9.17, 15) is 10.2 Å². The Balaban J connectivity index is 0.00000425. The normalized spacial score (nSPS) is 12.9. The number of rotatable bonds is 13. The van der Waals surface area contributed by atoms with Crippen LogP contribution in [0.2, 0.25) is 0 Å². The summed E-state index contributed by atoms with van der Waals surface area (Å²) in [5, 5.41) is 30.4. The molecule has 0 saturated heterocycles. The first-order valence-corrected chi connectivity index (χ1v) is 32.8. The summed E-state index contributed by atoms with van der Waals surface area (Å²) in [6, 6.07) is 38.9.